The van der Waals surface area contributed by atoms with Crippen molar-refractivity contribution in [1.82, 2.24) is 0 Å². The molecule has 0 aliphatic heterocycles. The van der Waals surface area contributed by atoms with E-state index in [1.807, 2.05) is 0 Å². The van der Waals surface area contributed by atoms with Crippen molar-refractivity contribution in [2.24, 2.45) is 0 Å². The summed E-state index contributed by atoms with van der Waals surface area (Å²) < 4.78 is 0. The van der Waals surface area contributed by atoms with Crippen LogP contribution in [-0.2, 0) is 15.9 Å². The summed E-state index contributed by atoms with van der Waals surface area (Å²) in [6.07, 6.45) is 14.5. The summed E-state index contributed by atoms with van der Waals surface area (Å²) >= 11 is -0.106. The molecule has 1 rings (SSSR count). The van der Waals surface area contributed by atoms with E-state index in [0.29, 0.717) is 0 Å². The van der Waals surface area contributed by atoms with Crippen molar-refractivity contribution >= 4 is 19.1 Å². The van der Waals surface area contributed by atoms with Gasteiger partial charge in [0.2, 0.25) is 0 Å². The van der Waals surface area contributed by atoms with Gasteiger partial charge in [-0.25, -0.2) is 0 Å². The molecule has 0 aromatic heterocycles. The number of rotatable bonds is 0. The summed E-state index contributed by atoms with van der Waals surface area (Å²) in [5, 5.41) is 0. The number of allylic oxidation sites excluding steroid dienone is 4. The van der Waals surface area contributed by atoms with Gasteiger partial charge in [0.05, 0.1) is 0 Å². The molecule has 3 heteroatoms. The van der Waals surface area contributed by atoms with Gasteiger partial charge >= 0.3 is 35.0 Å². The second-order valence-corrected chi connectivity index (χ2v) is 4.40. The van der Waals surface area contributed by atoms with Gasteiger partial charge in [0, 0.05) is 0 Å². The van der Waals surface area contributed by atoms with Crippen LogP contribution in [0.3, 0.4) is 0 Å². The summed E-state index contributed by atoms with van der Waals surface area (Å²) in [5.74, 6) is 0. The average molecular weight is 285 g/mol. The fourth-order valence-corrected chi connectivity index (χ4v) is 0.786. The Labute approximate surface area is 84.8 Å². The second kappa shape index (κ2) is 10.7. The van der Waals surface area contributed by atoms with Crippen molar-refractivity contribution in [2.45, 2.75) is 25.7 Å². The molecular weight excluding hydrogens is 273 g/mol. The Morgan fingerprint density at radius 3 is 2.45 bits per heavy atom. The van der Waals surface area contributed by atoms with E-state index in [9.17, 15) is 0 Å². The molecule has 0 spiro atoms. The van der Waals surface area contributed by atoms with Gasteiger partial charge in [-0.3, -0.25) is 6.08 Å². The van der Waals surface area contributed by atoms with Gasteiger partial charge in [0.15, 0.2) is 0 Å². The fraction of sp³-hybridized carbons (Fsp3) is 0.500. The summed E-state index contributed by atoms with van der Waals surface area (Å²) in [5.41, 5.74) is 0. The molecule has 0 radical (unpaired) electrons. The van der Waals surface area contributed by atoms with Gasteiger partial charge in [0.25, 0.3) is 0 Å². The zero-order valence-corrected chi connectivity index (χ0v) is 9.20. The zero-order chi connectivity index (χ0) is 8.36. The Kier molecular flexibility index (Phi) is 11.4. The molecule has 0 bridgehead atoms. The van der Waals surface area contributed by atoms with Crippen molar-refractivity contribution in [3.63, 3.8) is 0 Å². The third-order valence-corrected chi connectivity index (χ3v) is 1.24. The van der Waals surface area contributed by atoms with Crippen molar-refractivity contribution < 1.29 is 15.9 Å². The third kappa shape index (κ3) is 10.7. The molecule has 1 aliphatic carbocycles. The summed E-state index contributed by atoms with van der Waals surface area (Å²) in [6.45, 7) is 0. The van der Waals surface area contributed by atoms with E-state index in [1.165, 1.54) is 19.3 Å². The number of hydrogen-bond acceptors (Lipinski definition) is 0. The van der Waals surface area contributed by atoms with Crippen LogP contribution in [0.4, 0.5) is 0 Å². The molecule has 1 aliphatic rings. The van der Waals surface area contributed by atoms with E-state index in [1.54, 1.807) is 0 Å². The molecule has 0 aromatic carbocycles. The predicted octanol–water partition coefficient (Wildman–Crippen LogP) is 3.85. The third-order valence-electron chi connectivity index (χ3n) is 1.24. The van der Waals surface area contributed by atoms with Gasteiger partial charge in [-0.2, -0.15) is 6.42 Å². The van der Waals surface area contributed by atoms with Crippen LogP contribution < -0.4 is 0 Å². The fourth-order valence-electron chi connectivity index (χ4n) is 0.786. The monoisotopic (exact) mass is 283 g/mol. The van der Waals surface area contributed by atoms with E-state index >= 15 is 0 Å². The normalized spacial score (nSPS) is 19.5. The molecular formula is C8H11Cl2Pd-. The minimum absolute atomic E-state index is 0.106. The van der Waals surface area contributed by atoms with E-state index in [2.05, 4.69) is 24.3 Å². The van der Waals surface area contributed by atoms with Gasteiger partial charge in [-0.15, -0.1) is 0 Å². The second-order valence-electron chi connectivity index (χ2n) is 2.04. The molecule has 0 heterocycles. The summed E-state index contributed by atoms with van der Waals surface area (Å²) in [6, 6.07) is 0. The van der Waals surface area contributed by atoms with Gasteiger partial charge in [-0.1, -0.05) is 25.0 Å². The van der Waals surface area contributed by atoms with Crippen molar-refractivity contribution in [3.05, 3.63) is 24.3 Å². The molecule has 68 valence electrons. The minimum atomic E-state index is -0.106. The first-order chi connectivity index (χ1) is 5.41. The Bertz CT molecular complexity index is 95.3. The van der Waals surface area contributed by atoms with E-state index in [4.69, 9.17) is 19.1 Å². The molecule has 11 heavy (non-hydrogen) atoms. The van der Waals surface area contributed by atoms with Crippen LogP contribution >= 0.6 is 19.1 Å². The summed E-state index contributed by atoms with van der Waals surface area (Å²) in [7, 11) is 9.63. The molecule has 0 N–H and O–H groups in total. The van der Waals surface area contributed by atoms with E-state index in [-0.39, 0.29) is 15.9 Å². The van der Waals surface area contributed by atoms with Crippen LogP contribution in [0.1, 0.15) is 25.7 Å². The quantitative estimate of drug-likeness (QED) is 0.360. The molecule has 0 saturated heterocycles. The van der Waals surface area contributed by atoms with Crippen molar-refractivity contribution in [3.8, 4) is 0 Å². The first-order valence-corrected chi connectivity index (χ1v) is 7.44. The predicted molar refractivity (Wildman–Crippen MR) is 47.1 cm³/mol. The molecule has 0 nitrogen and oxygen atoms in total. The van der Waals surface area contributed by atoms with E-state index in [0.717, 1.165) is 6.42 Å². The van der Waals surface area contributed by atoms with Crippen LogP contribution in [0.15, 0.2) is 18.2 Å². The molecule has 0 unspecified atom stereocenters. The molecule has 0 fully saturated rings. The van der Waals surface area contributed by atoms with Crippen molar-refractivity contribution in [1.29, 1.82) is 0 Å². The molecule has 0 amide bonds. The van der Waals surface area contributed by atoms with Gasteiger partial charge < -0.3 is 6.08 Å². The van der Waals surface area contributed by atoms with E-state index < -0.39 is 0 Å². The molecule has 0 atom stereocenters. The first-order valence-electron chi connectivity index (χ1n) is 3.44. The number of halogens is 2. The molecule has 0 aromatic rings. The van der Waals surface area contributed by atoms with Gasteiger partial charge in [0.1, 0.15) is 0 Å². The average Bonchev–Trinajstić information content (AvgIpc) is 1.86. The van der Waals surface area contributed by atoms with Crippen LogP contribution in [0, 0.1) is 6.08 Å². The van der Waals surface area contributed by atoms with Crippen LogP contribution in [0.2, 0.25) is 0 Å². The standard InChI is InChI=1S/C8H11.2ClH.Pd/c1-2-4-6-8-7-5-3-1;;;/h1-2,7H,3-6H2;2*1H;/q-1;;;+2/p-2/b2-1-;;;. The maximum absolute atomic E-state index is 4.81. The van der Waals surface area contributed by atoms with Crippen LogP contribution in [0.5, 0.6) is 0 Å². The van der Waals surface area contributed by atoms with Crippen LogP contribution in [0.25, 0.3) is 0 Å². The zero-order valence-electron chi connectivity index (χ0n) is 6.13. The SMILES string of the molecule is [C-]1=CCC/C=C\CC1.[Cl][Pd][Cl]. The topological polar surface area (TPSA) is 0 Å². The number of hydrogen-bond donors (Lipinski definition) is 0. The Morgan fingerprint density at radius 1 is 1.09 bits per heavy atom. The maximum atomic E-state index is 4.81. The first kappa shape index (κ1) is 11.7. The molecule has 0 saturated carbocycles. The van der Waals surface area contributed by atoms with Gasteiger partial charge in [-0.05, 0) is 6.42 Å². The Morgan fingerprint density at radius 2 is 1.73 bits per heavy atom. The van der Waals surface area contributed by atoms with Crippen LogP contribution in [-0.4, -0.2) is 0 Å². The Balaban J connectivity index is 0.000000292. The Hall–Kier alpha value is 0.722. The summed E-state index contributed by atoms with van der Waals surface area (Å²) in [4.78, 5) is 0. The van der Waals surface area contributed by atoms with Crippen molar-refractivity contribution in [2.75, 3.05) is 0 Å².